The summed E-state index contributed by atoms with van der Waals surface area (Å²) in [5, 5.41) is 0. The first-order valence-corrected chi connectivity index (χ1v) is 13.0. The summed E-state index contributed by atoms with van der Waals surface area (Å²) in [5.41, 5.74) is 8.18. The van der Waals surface area contributed by atoms with Gasteiger partial charge in [0.05, 0.1) is 0 Å². The Labute approximate surface area is 193 Å². The molecule has 4 fully saturated rings. The van der Waals surface area contributed by atoms with Gasteiger partial charge in [0.15, 0.2) is 0 Å². The molecular formula is C32H36. The lowest BCUT2D eigenvalue weighted by Crippen LogP contribution is -2.52. The molecular weight excluding hydrogens is 384 g/mol. The van der Waals surface area contributed by atoms with Crippen LogP contribution < -0.4 is 0 Å². The standard InChI is InChI=1S/C32H36/c1-31(2,30-28-10-6-4-8-26(28)27-9-5-7-11-29(27)30)22-12-13-23(19-22)32(3)24-15-20-14-21(17-24)18-25(32)16-20/h4-13,19-22,24-25,30H,14-18H2,1-3H3. The van der Waals surface area contributed by atoms with Gasteiger partial charge in [-0.05, 0) is 94.4 Å². The van der Waals surface area contributed by atoms with Gasteiger partial charge in [0.25, 0.3) is 0 Å². The number of hydrogen-bond donors (Lipinski definition) is 0. The molecule has 6 aliphatic rings. The van der Waals surface area contributed by atoms with Gasteiger partial charge in [-0.2, -0.15) is 0 Å². The van der Waals surface area contributed by atoms with Gasteiger partial charge in [0, 0.05) is 11.8 Å². The lowest BCUT2D eigenvalue weighted by Gasteiger charge is -2.60. The first-order chi connectivity index (χ1) is 15.5. The highest BCUT2D eigenvalue weighted by molar-refractivity contribution is 5.79. The molecule has 0 amide bonds. The molecule has 0 aromatic heterocycles. The second-order valence-electron chi connectivity index (χ2n) is 12.5. The van der Waals surface area contributed by atoms with Crippen molar-refractivity contribution < 1.29 is 0 Å². The van der Waals surface area contributed by atoms with Gasteiger partial charge in [-0.3, -0.25) is 0 Å². The quantitative estimate of drug-likeness (QED) is 0.467. The van der Waals surface area contributed by atoms with E-state index in [1.165, 1.54) is 54.4 Å². The molecule has 1 unspecified atom stereocenters. The van der Waals surface area contributed by atoms with Crippen LogP contribution in [0.5, 0.6) is 0 Å². The molecule has 0 nitrogen and oxygen atoms in total. The van der Waals surface area contributed by atoms with Crippen molar-refractivity contribution in [2.24, 2.45) is 40.4 Å². The van der Waals surface area contributed by atoms with E-state index >= 15 is 0 Å². The van der Waals surface area contributed by atoms with Gasteiger partial charge >= 0.3 is 0 Å². The van der Waals surface area contributed by atoms with Gasteiger partial charge in [0.1, 0.15) is 0 Å². The van der Waals surface area contributed by atoms with Crippen LogP contribution in [0.4, 0.5) is 0 Å². The molecule has 8 rings (SSSR count). The third-order valence-electron chi connectivity index (χ3n) is 10.7. The highest BCUT2D eigenvalue weighted by Gasteiger charge is 2.56. The fraction of sp³-hybridized carbons (Fsp3) is 0.500. The van der Waals surface area contributed by atoms with Crippen LogP contribution in [0.2, 0.25) is 0 Å². The van der Waals surface area contributed by atoms with Crippen molar-refractivity contribution in [1.82, 2.24) is 0 Å². The Kier molecular flexibility index (Phi) is 3.94. The molecule has 2 aromatic carbocycles. The van der Waals surface area contributed by atoms with E-state index in [1.54, 1.807) is 5.57 Å². The Morgan fingerprint density at radius 3 is 1.84 bits per heavy atom. The van der Waals surface area contributed by atoms with Crippen LogP contribution in [0.3, 0.4) is 0 Å². The largest absolute Gasteiger partial charge is 0.0768 e. The maximum atomic E-state index is 2.71. The molecule has 32 heavy (non-hydrogen) atoms. The van der Waals surface area contributed by atoms with Gasteiger partial charge in [-0.25, -0.2) is 0 Å². The fourth-order valence-electron chi connectivity index (χ4n) is 9.12. The second-order valence-corrected chi connectivity index (χ2v) is 12.5. The summed E-state index contributed by atoms with van der Waals surface area (Å²) < 4.78 is 0. The van der Waals surface area contributed by atoms with Crippen molar-refractivity contribution in [2.75, 3.05) is 0 Å². The second kappa shape index (κ2) is 6.49. The molecule has 0 aliphatic heterocycles. The van der Waals surface area contributed by atoms with Crippen molar-refractivity contribution in [3.63, 3.8) is 0 Å². The maximum absolute atomic E-state index is 2.71. The normalized spacial score (nSPS) is 37.0. The van der Waals surface area contributed by atoms with Crippen molar-refractivity contribution in [3.05, 3.63) is 83.5 Å². The number of allylic oxidation sites excluding steroid dienone is 4. The predicted molar refractivity (Wildman–Crippen MR) is 133 cm³/mol. The Morgan fingerprint density at radius 1 is 0.750 bits per heavy atom. The Bertz CT molecular complexity index is 1070. The average molecular weight is 421 g/mol. The van der Waals surface area contributed by atoms with E-state index in [2.05, 4.69) is 87.5 Å². The van der Waals surface area contributed by atoms with Crippen molar-refractivity contribution >= 4 is 0 Å². The SMILES string of the molecule is CC(C)(C1C=CC(C2(C)C3CC4CC(C3)CC2C4)=C1)C1c2ccccc2-c2ccccc21. The van der Waals surface area contributed by atoms with Crippen LogP contribution in [-0.2, 0) is 0 Å². The molecule has 4 bridgehead atoms. The summed E-state index contributed by atoms with van der Waals surface area (Å²) in [6, 6.07) is 18.3. The third-order valence-corrected chi connectivity index (χ3v) is 10.7. The van der Waals surface area contributed by atoms with Gasteiger partial charge < -0.3 is 0 Å². The lowest BCUT2D eigenvalue weighted by molar-refractivity contribution is -0.0754. The van der Waals surface area contributed by atoms with Crippen LogP contribution in [0, 0.1) is 40.4 Å². The van der Waals surface area contributed by atoms with Crippen LogP contribution in [0.15, 0.2) is 72.3 Å². The summed E-state index contributed by atoms with van der Waals surface area (Å²) in [6.07, 6.45) is 15.3. The van der Waals surface area contributed by atoms with E-state index < -0.39 is 0 Å². The van der Waals surface area contributed by atoms with Crippen LogP contribution in [0.1, 0.15) is 69.9 Å². The molecule has 0 radical (unpaired) electrons. The molecule has 0 spiro atoms. The minimum atomic E-state index is 0.142. The minimum Gasteiger partial charge on any atom is -0.0768 e. The summed E-state index contributed by atoms with van der Waals surface area (Å²) in [4.78, 5) is 0. The van der Waals surface area contributed by atoms with Crippen molar-refractivity contribution in [2.45, 2.75) is 58.8 Å². The van der Waals surface area contributed by atoms with Crippen molar-refractivity contribution in [3.8, 4) is 11.1 Å². The minimum absolute atomic E-state index is 0.142. The Morgan fingerprint density at radius 2 is 1.28 bits per heavy atom. The Balaban J connectivity index is 1.27. The zero-order valence-electron chi connectivity index (χ0n) is 19.9. The summed E-state index contributed by atoms with van der Waals surface area (Å²) in [5.74, 6) is 4.86. The smallest absolute Gasteiger partial charge is 0.0161 e. The highest BCUT2D eigenvalue weighted by atomic mass is 14.6. The van der Waals surface area contributed by atoms with Crippen LogP contribution >= 0.6 is 0 Å². The molecule has 0 heterocycles. The first-order valence-electron chi connectivity index (χ1n) is 13.0. The van der Waals surface area contributed by atoms with Gasteiger partial charge in [-0.1, -0.05) is 87.5 Å². The molecule has 164 valence electrons. The van der Waals surface area contributed by atoms with Crippen molar-refractivity contribution in [1.29, 1.82) is 0 Å². The highest BCUT2D eigenvalue weighted by Crippen LogP contribution is 2.66. The van der Waals surface area contributed by atoms with Gasteiger partial charge in [0.2, 0.25) is 0 Å². The zero-order valence-corrected chi connectivity index (χ0v) is 19.9. The molecule has 0 heteroatoms. The summed E-state index contributed by atoms with van der Waals surface area (Å²) in [7, 11) is 0. The molecule has 2 aromatic rings. The zero-order chi connectivity index (χ0) is 21.7. The predicted octanol–water partition coefficient (Wildman–Crippen LogP) is 8.40. The summed E-state index contributed by atoms with van der Waals surface area (Å²) >= 11 is 0. The van der Waals surface area contributed by atoms with Crippen LogP contribution in [0.25, 0.3) is 11.1 Å². The number of fused-ring (bicyclic) bond motifs is 3. The number of rotatable bonds is 3. The Hall–Kier alpha value is -2.08. The molecule has 1 atom stereocenters. The van der Waals surface area contributed by atoms with E-state index in [0.717, 1.165) is 23.7 Å². The number of hydrogen-bond acceptors (Lipinski definition) is 0. The molecule has 6 aliphatic carbocycles. The van der Waals surface area contributed by atoms with E-state index in [-0.39, 0.29) is 5.41 Å². The first kappa shape index (κ1) is 19.4. The molecule has 0 saturated heterocycles. The molecule has 4 saturated carbocycles. The average Bonchev–Trinajstić information content (AvgIpc) is 3.41. The monoisotopic (exact) mass is 420 g/mol. The van der Waals surface area contributed by atoms with Gasteiger partial charge in [-0.15, -0.1) is 0 Å². The molecule has 0 N–H and O–H groups in total. The lowest BCUT2D eigenvalue weighted by atomic mass is 9.44. The number of benzene rings is 2. The topological polar surface area (TPSA) is 0 Å². The van der Waals surface area contributed by atoms with Crippen LogP contribution in [-0.4, -0.2) is 0 Å². The van der Waals surface area contributed by atoms with E-state index in [9.17, 15) is 0 Å². The van der Waals surface area contributed by atoms with E-state index in [4.69, 9.17) is 0 Å². The van der Waals surface area contributed by atoms with E-state index in [1.807, 2.05) is 0 Å². The van der Waals surface area contributed by atoms with E-state index in [0.29, 0.717) is 17.3 Å². The fourth-order valence-corrected chi connectivity index (χ4v) is 9.12. The third kappa shape index (κ3) is 2.45. The summed E-state index contributed by atoms with van der Waals surface area (Å²) in [6.45, 7) is 7.68. The maximum Gasteiger partial charge on any atom is 0.0161 e.